The van der Waals surface area contributed by atoms with E-state index in [9.17, 15) is 0 Å². The molecule has 0 N–H and O–H groups in total. The average Bonchev–Trinajstić information content (AvgIpc) is 2.62. The fourth-order valence-electron chi connectivity index (χ4n) is 4.92. The molecule has 0 aliphatic heterocycles. The van der Waals surface area contributed by atoms with Gasteiger partial charge in [-0.1, -0.05) is 90.4 Å². The van der Waals surface area contributed by atoms with E-state index in [1.807, 2.05) is 0 Å². The standard InChI is InChI=1S/C22H43N/c1-2-3-4-5-6-7-8-15-20-23(21-16-11-9-12-17-21)22-18-13-10-14-19-22/h21-22H,2-20H2,1H3. The zero-order valence-corrected chi connectivity index (χ0v) is 16.0. The monoisotopic (exact) mass is 321 g/mol. The molecule has 0 aromatic rings. The van der Waals surface area contributed by atoms with Crippen molar-refractivity contribution in [1.82, 2.24) is 4.90 Å². The summed E-state index contributed by atoms with van der Waals surface area (Å²) in [6.07, 6.45) is 26.6. The largest absolute Gasteiger partial charge is 0.297 e. The second-order valence-electron chi connectivity index (χ2n) is 8.30. The Bertz CT molecular complexity index is 245. The lowest BCUT2D eigenvalue weighted by Gasteiger charge is -2.41. The van der Waals surface area contributed by atoms with E-state index in [-0.39, 0.29) is 0 Å². The van der Waals surface area contributed by atoms with Gasteiger partial charge in [-0.3, -0.25) is 4.90 Å². The summed E-state index contributed by atoms with van der Waals surface area (Å²) in [6.45, 7) is 3.72. The lowest BCUT2D eigenvalue weighted by Crippen LogP contribution is -2.45. The molecule has 2 rings (SSSR count). The molecule has 0 atom stereocenters. The van der Waals surface area contributed by atoms with Crippen LogP contribution in [0.4, 0.5) is 0 Å². The topological polar surface area (TPSA) is 3.24 Å². The van der Waals surface area contributed by atoms with Crippen LogP contribution in [0.1, 0.15) is 122 Å². The Labute approximate surface area is 146 Å². The summed E-state index contributed by atoms with van der Waals surface area (Å²) < 4.78 is 0. The summed E-state index contributed by atoms with van der Waals surface area (Å²) in [5.74, 6) is 0. The quantitative estimate of drug-likeness (QED) is 0.367. The number of hydrogen-bond donors (Lipinski definition) is 0. The average molecular weight is 322 g/mol. The van der Waals surface area contributed by atoms with E-state index in [0.717, 1.165) is 12.1 Å². The van der Waals surface area contributed by atoms with Gasteiger partial charge in [-0.25, -0.2) is 0 Å². The van der Waals surface area contributed by atoms with E-state index in [4.69, 9.17) is 0 Å². The minimum Gasteiger partial charge on any atom is -0.297 e. The predicted octanol–water partition coefficient (Wildman–Crippen LogP) is 7.09. The van der Waals surface area contributed by atoms with Crippen LogP contribution in [0.5, 0.6) is 0 Å². The Balaban J connectivity index is 1.65. The number of hydrogen-bond acceptors (Lipinski definition) is 1. The van der Waals surface area contributed by atoms with Crippen LogP contribution in [0.2, 0.25) is 0 Å². The van der Waals surface area contributed by atoms with Gasteiger partial charge < -0.3 is 0 Å². The zero-order valence-electron chi connectivity index (χ0n) is 16.0. The Morgan fingerprint density at radius 1 is 0.565 bits per heavy atom. The third-order valence-electron chi connectivity index (χ3n) is 6.36. The first-order valence-electron chi connectivity index (χ1n) is 11.2. The molecule has 0 heterocycles. The Morgan fingerprint density at radius 3 is 1.48 bits per heavy atom. The molecule has 2 saturated carbocycles. The van der Waals surface area contributed by atoms with E-state index in [1.54, 1.807) is 0 Å². The van der Waals surface area contributed by atoms with Crippen molar-refractivity contribution in [3.05, 3.63) is 0 Å². The van der Waals surface area contributed by atoms with Crippen molar-refractivity contribution in [2.75, 3.05) is 6.54 Å². The van der Waals surface area contributed by atoms with Gasteiger partial charge in [-0.15, -0.1) is 0 Å². The van der Waals surface area contributed by atoms with Crippen molar-refractivity contribution in [2.45, 2.75) is 135 Å². The van der Waals surface area contributed by atoms with Gasteiger partial charge in [0.05, 0.1) is 0 Å². The maximum atomic E-state index is 3.00. The number of rotatable bonds is 11. The lowest BCUT2D eigenvalue weighted by molar-refractivity contribution is 0.0788. The number of nitrogens with zero attached hydrogens (tertiary/aromatic N) is 1. The lowest BCUT2D eigenvalue weighted by atomic mass is 9.88. The van der Waals surface area contributed by atoms with Crippen molar-refractivity contribution >= 4 is 0 Å². The molecule has 2 fully saturated rings. The van der Waals surface area contributed by atoms with E-state index in [2.05, 4.69) is 11.8 Å². The summed E-state index contributed by atoms with van der Waals surface area (Å²) >= 11 is 0. The highest BCUT2D eigenvalue weighted by Crippen LogP contribution is 2.30. The van der Waals surface area contributed by atoms with E-state index >= 15 is 0 Å². The highest BCUT2D eigenvalue weighted by Gasteiger charge is 2.28. The minimum atomic E-state index is 0.941. The van der Waals surface area contributed by atoms with Gasteiger partial charge in [-0.2, -0.15) is 0 Å². The molecular formula is C22H43N. The van der Waals surface area contributed by atoms with Crippen LogP contribution in [0.3, 0.4) is 0 Å². The Morgan fingerprint density at radius 2 is 1.00 bits per heavy atom. The summed E-state index contributed by atoms with van der Waals surface area (Å²) in [7, 11) is 0. The van der Waals surface area contributed by atoms with E-state index in [0.29, 0.717) is 0 Å². The minimum absolute atomic E-state index is 0.941. The van der Waals surface area contributed by atoms with Gasteiger partial charge in [0.1, 0.15) is 0 Å². The van der Waals surface area contributed by atoms with Crippen LogP contribution in [-0.2, 0) is 0 Å². The van der Waals surface area contributed by atoms with Crippen LogP contribution < -0.4 is 0 Å². The maximum Gasteiger partial charge on any atom is 0.00981 e. The molecule has 23 heavy (non-hydrogen) atoms. The highest BCUT2D eigenvalue weighted by molar-refractivity contribution is 4.83. The third-order valence-corrected chi connectivity index (χ3v) is 6.36. The molecule has 0 unspecified atom stereocenters. The molecule has 1 heteroatoms. The first-order chi connectivity index (χ1) is 11.4. The summed E-state index contributed by atoms with van der Waals surface area (Å²) in [6, 6.07) is 1.88. The molecule has 1 nitrogen and oxygen atoms in total. The molecule has 136 valence electrons. The van der Waals surface area contributed by atoms with Crippen molar-refractivity contribution in [2.24, 2.45) is 0 Å². The van der Waals surface area contributed by atoms with Crippen molar-refractivity contribution in [3.63, 3.8) is 0 Å². The van der Waals surface area contributed by atoms with Gasteiger partial charge in [0, 0.05) is 12.1 Å². The van der Waals surface area contributed by atoms with Gasteiger partial charge in [0.25, 0.3) is 0 Å². The van der Waals surface area contributed by atoms with Crippen LogP contribution in [0.25, 0.3) is 0 Å². The van der Waals surface area contributed by atoms with Crippen LogP contribution in [0.15, 0.2) is 0 Å². The Hall–Kier alpha value is -0.0400. The molecular weight excluding hydrogens is 278 g/mol. The third kappa shape index (κ3) is 7.59. The molecule has 0 spiro atoms. The van der Waals surface area contributed by atoms with E-state index < -0.39 is 0 Å². The smallest absolute Gasteiger partial charge is 0.00981 e. The second kappa shape index (κ2) is 12.3. The van der Waals surface area contributed by atoms with Gasteiger partial charge in [0.2, 0.25) is 0 Å². The second-order valence-corrected chi connectivity index (χ2v) is 8.30. The molecule has 0 amide bonds. The fourth-order valence-corrected chi connectivity index (χ4v) is 4.92. The van der Waals surface area contributed by atoms with Gasteiger partial charge in [0.15, 0.2) is 0 Å². The molecule has 0 saturated heterocycles. The van der Waals surface area contributed by atoms with Gasteiger partial charge in [-0.05, 0) is 38.6 Å². The molecule has 0 radical (unpaired) electrons. The molecule has 0 bridgehead atoms. The maximum absolute atomic E-state index is 3.00. The summed E-state index contributed by atoms with van der Waals surface area (Å²) in [5.41, 5.74) is 0. The predicted molar refractivity (Wildman–Crippen MR) is 103 cm³/mol. The molecule has 0 aromatic heterocycles. The summed E-state index contributed by atoms with van der Waals surface area (Å²) in [5, 5.41) is 0. The van der Waals surface area contributed by atoms with Crippen LogP contribution in [-0.4, -0.2) is 23.5 Å². The fraction of sp³-hybridized carbons (Fsp3) is 1.00. The highest BCUT2D eigenvalue weighted by atomic mass is 15.2. The molecule has 2 aliphatic rings. The van der Waals surface area contributed by atoms with E-state index in [1.165, 1.54) is 122 Å². The Kier molecular flexibility index (Phi) is 10.3. The molecule has 2 aliphatic carbocycles. The summed E-state index contributed by atoms with van der Waals surface area (Å²) in [4.78, 5) is 3.00. The first kappa shape index (κ1) is 19.3. The normalized spacial score (nSPS) is 21.1. The first-order valence-corrected chi connectivity index (χ1v) is 11.2. The SMILES string of the molecule is CCCCCCCCCCN(C1CCCCC1)C1CCCCC1. The number of unbranched alkanes of at least 4 members (excludes halogenated alkanes) is 7. The van der Waals surface area contributed by atoms with Crippen LogP contribution in [0, 0.1) is 0 Å². The van der Waals surface area contributed by atoms with Crippen LogP contribution >= 0.6 is 0 Å². The molecule has 0 aromatic carbocycles. The zero-order chi connectivity index (χ0) is 16.2. The van der Waals surface area contributed by atoms with Crippen molar-refractivity contribution in [1.29, 1.82) is 0 Å². The van der Waals surface area contributed by atoms with Crippen molar-refractivity contribution < 1.29 is 0 Å². The van der Waals surface area contributed by atoms with Crippen molar-refractivity contribution in [3.8, 4) is 0 Å². The van der Waals surface area contributed by atoms with Gasteiger partial charge >= 0.3 is 0 Å².